The quantitative estimate of drug-likeness (QED) is 0.172. The first-order valence-corrected chi connectivity index (χ1v) is 18.8. The van der Waals surface area contributed by atoms with Gasteiger partial charge in [0.1, 0.15) is 0 Å². The molecular formula is C50H43N. The van der Waals surface area contributed by atoms with E-state index in [2.05, 4.69) is 169 Å². The second kappa shape index (κ2) is 13.9. The number of allylic oxidation sites excluding steroid dienone is 9. The number of hydrogen-bond acceptors (Lipinski definition) is 1. The van der Waals surface area contributed by atoms with Crippen LogP contribution >= 0.6 is 0 Å². The summed E-state index contributed by atoms with van der Waals surface area (Å²) in [6.07, 6.45) is 25.6. The second-order valence-corrected chi connectivity index (χ2v) is 14.2. The van der Waals surface area contributed by atoms with E-state index in [4.69, 9.17) is 0 Å². The van der Waals surface area contributed by atoms with Crippen molar-refractivity contribution in [2.75, 3.05) is 4.90 Å². The van der Waals surface area contributed by atoms with Crippen molar-refractivity contribution in [1.82, 2.24) is 0 Å². The fourth-order valence-electron chi connectivity index (χ4n) is 8.36. The smallest absolute Gasteiger partial charge is 0.0468 e. The van der Waals surface area contributed by atoms with E-state index in [1.807, 2.05) is 0 Å². The van der Waals surface area contributed by atoms with E-state index in [0.29, 0.717) is 0 Å². The Balaban J connectivity index is 1.17. The number of benzene rings is 6. The van der Waals surface area contributed by atoms with Gasteiger partial charge in [-0.2, -0.15) is 0 Å². The highest BCUT2D eigenvalue weighted by molar-refractivity contribution is 5.98. The lowest BCUT2D eigenvalue weighted by molar-refractivity contribution is 0.599. The molecule has 1 fully saturated rings. The van der Waals surface area contributed by atoms with Crippen molar-refractivity contribution in [2.45, 2.75) is 51.4 Å². The Morgan fingerprint density at radius 2 is 1.35 bits per heavy atom. The van der Waals surface area contributed by atoms with Crippen LogP contribution < -0.4 is 4.90 Å². The van der Waals surface area contributed by atoms with E-state index >= 15 is 0 Å². The average molecular weight is 658 g/mol. The van der Waals surface area contributed by atoms with E-state index < -0.39 is 0 Å². The molecule has 6 aromatic rings. The summed E-state index contributed by atoms with van der Waals surface area (Å²) in [6.45, 7) is 0. The van der Waals surface area contributed by atoms with Gasteiger partial charge in [0.05, 0.1) is 0 Å². The van der Waals surface area contributed by atoms with Gasteiger partial charge in [0, 0.05) is 17.1 Å². The topological polar surface area (TPSA) is 3.24 Å². The highest BCUT2D eigenvalue weighted by atomic mass is 15.1. The molecule has 1 saturated carbocycles. The van der Waals surface area contributed by atoms with Crippen molar-refractivity contribution in [2.24, 2.45) is 0 Å². The van der Waals surface area contributed by atoms with Gasteiger partial charge in [0.2, 0.25) is 0 Å². The molecule has 1 nitrogen and oxygen atoms in total. The van der Waals surface area contributed by atoms with Gasteiger partial charge in [-0.05, 0) is 148 Å². The minimum atomic E-state index is 0.962. The molecule has 0 radical (unpaired) electrons. The van der Waals surface area contributed by atoms with Crippen LogP contribution in [0.25, 0.3) is 44.3 Å². The van der Waals surface area contributed by atoms with Crippen molar-refractivity contribution in [3.8, 4) is 11.1 Å². The standard InChI is InChI=1S/C50H43N/c1-3-14-36(15-4-1)32-49(38-17-5-2-6-18-38)41-21-13-22-44(34-41)51(45-31-26-37-16-7-8-19-40(37)33-45)43-29-27-39(28-30-43)50-35-42-20-9-10-23-46(42)47-24-11-12-25-48(47)50/h2,5-11,13,16-17,19-24,26-35H,1,3-4,12,14-15,18,25H2/b49-38+. The van der Waals surface area contributed by atoms with Crippen LogP contribution in [0.1, 0.15) is 61.6 Å². The first-order chi connectivity index (χ1) is 25.3. The van der Waals surface area contributed by atoms with Gasteiger partial charge in [-0.1, -0.05) is 133 Å². The van der Waals surface area contributed by atoms with Crippen LogP contribution in [-0.2, 0) is 6.42 Å². The average Bonchev–Trinajstić information content (AvgIpc) is 3.21. The molecule has 6 aromatic carbocycles. The number of fused-ring (bicyclic) bond motifs is 4. The van der Waals surface area contributed by atoms with Crippen LogP contribution in [0.15, 0.2) is 169 Å². The van der Waals surface area contributed by atoms with Gasteiger partial charge in [0.15, 0.2) is 0 Å². The fraction of sp³-hybridized carbons (Fsp3) is 0.160. The summed E-state index contributed by atoms with van der Waals surface area (Å²) < 4.78 is 0. The number of hydrogen-bond donors (Lipinski definition) is 0. The highest BCUT2D eigenvalue weighted by Gasteiger charge is 2.19. The SMILES string of the molecule is C1=CC/C(=C(\C=C2CCCCC2)c2cccc(N(c3ccc(-c4cc5ccccc5c5c4CCC=C5)cc3)c3ccc4ccccc4c3)c2)C=C1. The monoisotopic (exact) mass is 657 g/mol. The van der Waals surface area contributed by atoms with Gasteiger partial charge in [-0.3, -0.25) is 0 Å². The van der Waals surface area contributed by atoms with E-state index in [1.165, 1.54) is 98.3 Å². The van der Waals surface area contributed by atoms with Crippen LogP contribution in [0, 0.1) is 0 Å². The third-order valence-electron chi connectivity index (χ3n) is 11.0. The third kappa shape index (κ3) is 6.30. The molecule has 51 heavy (non-hydrogen) atoms. The minimum Gasteiger partial charge on any atom is -0.310 e. The first kappa shape index (κ1) is 31.3. The Labute approximate surface area is 302 Å². The Kier molecular flexibility index (Phi) is 8.55. The van der Waals surface area contributed by atoms with Gasteiger partial charge >= 0.3 is 0 Å². The molecule has 0 aromatic heterocycles. The van der Waals surface area contributed by atoms with Gasteiger partial charge < -0.3 is 4.90 Å². The van der Waals surface area contributed by atoms with Crippen molar-refractivity contribution in [1.29, 1.82) is 0 Å². The molecule has 0 atom stereocenters. The molecular weight excluding hydrogens is 615 g/mol. The van der Waals surface area contributed by atoms with Gasteiger partial charge in [0.25, 0.3) is 0 Å². The molecule has 9 rings (SSSR count). The minimum absolute atomic E-state index is 0.962. The van der Waals surface area contributed by atoms with E-state index in [-0.39, 0.29) is 0 Å². The molecule has 0 unspecified atom stereocenters. The molecule has 248 valence electrons. The molecule has 1 heteroatoms. The second-order valence-electron chi connectivity index (χ2n) is 14.2. The van der Waals surface area contributed by atoms with Crippen LogP contribution in [0.5, 0.6) is 0 Å². The zero-order chi connectivity index (χ0) is 34.0. The molecule has 0 N–H and O–H groups in total. The lowest BCUT2D eigenvalue weighted by atomic mass is 9.85. The summed E-state index contributed by atoms with van der Waals surface area (Å²) in [4.78, 5) is 2.44. The summed E-state index contributed by atoms with van der Waals surface area (Å²) >= 11 is 0. The molecule has 0 saturated heterocycles. The number of nitrogens with zero attached hydrogens (tertiary/aromatic N) is 1. The van der Waals surface area contributed by atoms with Gasteiger partial charge in [-0.15, -0.1) is 0 Å². The summed E-state index contributed by atoms with van der Waals surface area (Å²) in [5.41, 5.74) is 14.6. The van der Waals surface area contributed by atoms with Crippen molar-refractivity contribution in [3.05, 3.63) is 186 Å². The Morgan fingerprint density at radius 3 is 2.20 bits per heavy atom. The predicted molar refractivity (Wildman–Crippen MR) is 220 cm³/mol. The maximum atomic E-state index is 2.52. The lowest BCUT2D eigenvalue weighted by Gasteiger charge is -2.27. The predicted octanol–water partition coefficient (Wildman–Crippen LogP) is 14.2. The molecule has 0 spiro atoms. The van der Waals surface area contributed by atoms with Gasteiger partial charge in [-0.25, -0.2) is 0 Å². The zero-order valence-corrected chi connectivity index (χ0v) is 29.2. The van der Waals surface area contributed by atoms with Crippen LogP contribution in [-0.4, -0.2) is 0 Å². The maximum Gasteiger partial charge on any atom is 0.0468 e. The third-order valence-corrected chi connectivity index (χ3v) is 11.0. The molecule has 3 aliphatic carbocycles. The summed E-state index contributed by atoms with van der Waals surface area (Å²) in [5, 5.41) is 5.14. The molecule has 0 bridgehead atoms. The van der Waals surface area contributed by atoms with Crippen molar-refractivity contribution < 1.29 is 0 Å². The van der Waals surface area contributed by atoms with E-state index in [0.717, 1.165) is 30.6 Å². The summed E-state index contributed by atoms with van der Waals surface area (Å²) in [7, 11) is 0. The first-order valence-electron chi connectivity index (χ1n) is 18.8. The Morgan fingerprint density at radius 1 is 0.569 bits per heavy atom. The Hall–Kier alpha value is -5.66. The largest absolute Gasteiger partial charge is 0.310 e. The highest BCUT2D eigenvalue weighted by Crippen LogP contribution is 2.41. The number of anilines is 3. The molecule has 0 aliphatic heterocycles. The summed E-state index contributed by atoms with van der Waals surface area (Å²) in [5.74, 6) is 0. The zero-order valence-electron chi connectivity index (χ0n) is 29.2. The van der Waals surface area contributed by atoms with Crippen LogP contribution in [0.4, 0.5) is 17.1 Å². The Bertz CT molecular complexity index is 2400. The molecule has 0 heterocycles. The molecule has 3 aliphatic rings. The lowest BCUT2D eigenvalue weighted by Crippen LogP contribution is -2.10. The van der Waals surface area contributed by atoms with E-state index in [1.54, 1.807) is 5.57 Å². The normalized spacial score (nSPS) is 16.4. The molecule has 0 amide bonds. The van der Waals surface area contributed by atoms with Crippen molar-refractivity contribution >= 4 is 50.3 Å². The van der Waals surface area contributed by atoms with Crippen molar-refractivity contribution in [3.63, 3.8) is 0 Å². The van der Waals surface area contributed by atoms with E-state index in [9.17, 15) is 0 Å². The fourth-order valence-corrected chi connectivity index (χ4v) is 8.36. The number of rotatable bonds is 6. The summed E-state index contributed by atoms with van der Waals surface area (Å²) in [6, 6.07) is 45.3. The van der Waals surface area contributed by atoms with Crippen LogP contribution in [0.2, 0.25) is 0 Å². The maximum absolute atomic E-state index is 2.52. The van der Waals surface area contributed by atoms with Crippen LogP contribution in [0.3, 0.4) is 0 Å².